The second-order valence-corrected chi connectivity index (χ2v) is 3.25. The maximum absolute atomic E-state index is 10.6. The van der Waals surface area contributed by atoms with Crippen LogP contribution in [0.1, 0.15) is 11.1 Å². The zero-order valence-corrected chi connectivity index (χ0v) is 8.27. The molecule has 0 fully saturated rings. The van der Waals surface area contributed by atoms with Gasteiger partial charge in [-0.25, -0.2) is 0 Å². The van der Waals surface area contributed by atoms with Crippen LogP contribution in [-0.4, -0.2) is 16.1 Å². The van der Waals surface area contributed by atoms with Crippen LogP contribution in [0.4, 0.5) is 0 Å². The van der Waals surface area contributed by atoms with E-state index in [1.54, 1.807) is 24.4 Å². The largest absolute Gasteiger partial charge is 0.366 e. The monoisotopic (exact) mass is 212 g/mol. The second kappa shape index (κ2) is 3.87. The minimum absolute atomic E-state index is 0.510. The Kier molecular flexibility index (Phi) is 2.40. The molecule has 0 aliphatic carbocycles. The summed E-state index contributed by atoms with van der Waals surface area (Å²) in [6.07, 6.45) is 4.40. The first-order valence-electron chi connectivity index (χ1n) is 4.55. The Hall–Kier alpha value is -2.61. The zero-order chi connectivity index (χ0) is 11.5. The van der Waals surface area contributed by atoms with Gasteiger partial charge in [0.05, 0.1) is 23.3 Å². The molecule has 16 heavy (non-hydrogen) atoms. The smallest absolute Gasteiger partial charge is 0.241 e. The Morgan fingerprint density at radius 3 is 3.06 bits per heavy atom. The number of primary amides is 1. The van der Waals surface area contributed by atoms with E-state index in [0.717, 1.165) is 16.5 Å². The Bertz CT molecular complexity index is 618. The van der Waals surface area contributed by atoms with Gasteiger partial charge in [-0.05, 0) is 23.8 Å². The van der Waals surface area contributed by atoms with Crippen LogP contribution in [-0.2, 0) is 4.79 Å². The molecule has 1 aromatic carbocycles. The third-order valence-corrected chi connectivity index (χ3v) is 2.14. The Labute approximate surface area is 91.2 Å². The van der Waals surface area contributed by atoms with E-state index >= 15 is 0 Å². The van der Waals surface area contributed by atoms with Gasteiger partial charge >= 0.3 is 0 Å². The molecule has 0 aliphatic heterocycles. The van der Waals surface area contributed by atoms with Crippen molar-refractivity contribution in [3.8, 4) is 6.07 Å². The minimum Gasteiger partial charge on any atom is -0.366 e. The summed E-state index contributed by atoms with van der Waals surface area (Å²) in [4.78, 5) is 10.6. The molecule has 78 valence electrons. The number of nitriles is 1. The number of hydrogen-bond donors (Lipinski definition) is 2. The van der Waals surface area contributed by atoms with E-state index in [4.69, 9.17) is 11.0 Å². The van der Waals surface area contributed by atoms with Crippen molar-refractivity contribution >= 4 is 22.9 Å². The number of nitrogens with one attached hydrogen (secondary N) is 1. The summed E-state index contributed by atoms with van der Waals surface area (Å²) in [5.74, 6) is -0.525. The number of carbonyl (C=O) groups is 1. The number of amides is 1. The van der Waals surface area contributed by atoms with Gasteiger partial charge in [0.25, 0.3) is 0 Å². The van der Waals surface area contributed by atoms with E-state index in [1.165, 1.54) is 6.08 Å². The summed E-state index contributed by atoms with van der Waals surface area (Å²) in [6, 6.07) is 5.55. The molecule has 1 heterocycles. The number of nitrogens with two attached hydrogens (primary N) is 1. The van der Waals surface area contributed by atoms with E-state index in [0.29, 0.717) is 5.56 Å². The number of aromatic amines is 1. The lowest BCUT2D eigenvalue weighted by Crippen LogP contribution is -2.05. The maximum Gasteiger partial charge on any atom is 0.241 e. The lowest BCUT2D eigenvalue weighted by Gasteiger charge is -1.96. The van der Waals surface area contributed by atoms with Crippen molar-refractivity contribution in [3.05, 3.63) is 35.5 Å². The second-order valence-electron chi connectivity index (χ2n) is 3.25. The van der Waals surface area contributed by atoms with Crippen LogP contribution < -0.4 is 5.73 Å². The maximum atomic E-state index is 10.6. The van der Waals surface area contributed by atoms with Gasteiger partial charge in [0.15, 0.2) is 0 Å². The van der Waals surface area contributed by atoms with Crippen molar-refractivity contribution < 1.29 is 4.79 Å². The first-order valence-corrected chi connectivity index (χ1v) is 4.55. The fourth-order valence-electron chi connectivity index (χ4n) is 1.44. The highest BCUT2D eigenvalue weighted by Gasteiger charge is 2.03. The molecule has 0 unspecified atom stereocenters. The molecule has 2 aromatic rings. The molecule has 1 amide bonds. The Morgan fingerprint density at radius 1 is 1.56 bits per heavy atom. The van der Waals surface area contributed by atoms with Crippen LogP contribution in [0.2, 0.25) is 0 Å². The Morgan fingerprint density at radius 2 is 2.38 bits per heavy atom. The van der Waals surface area contributed by atoms with Crippen LogP contribution in [0, 0.1) is 11.3 Å². The van der Waals surface area contributed by atoms with Gasteiger partial charge in [-0.3, -0.25) is 9.89 Å². The van der Waals surface area contributed by atoms with Gasteiger partial charge in [0.2, 0.25) is 5.91 Å². The lowest BCUT2D eigenvalue weighted by atomic mass is 10.1. The van der Waals surface area contributed by atoms with Crippen LogP contribution >= 0.6 is 0 Å². The van der Waals surface area contributed by atoms with Gasteiger partial charge in [-0.15, -0.1) is 0 Å². The van der Waals surface area contributed by atoms with E-state index < -0.39 is 5.91 Å². The van der Waals surface area contributed by atoms with E-state index in [9.17, 15) is 4.79 Å². The number of carbonyl (C=O) groups excluding carboxylic acids is 1. The number of H-pyrrole nitrogens is 1. The number of fused-ring (bicyclic) bond motifs is 1. The highest BCUT2D eigenvalue weighted by Crippen LogP contribution is 2.19. The van der Waals surface area contributed by atoms with E-state index in [2.05, 4.69) is 16.3 Å². The molecule has 0 radical (unpaired) electrons. The minimum atomic E-state index is -0.525. The third kappa shape index (κ3) is 1.77. The van der Waals surface area contributed by atoms with E-state index in [-0.39, 0.29) is 0 Å². The molecule has 0 saturated carbocycles. The fraction of sp³-hybridized carbons (Fsp3) is 0. The number of hydrogen-bond acceptors (Lipinski definition) is 3. The molecule has 1 aromatic heterocycles. The van der Waals surface area contributed by atoms with Crippen LogP contribution in [0.15, 0.2) is 24.4 Å². The summed E-state index contributed by atoms with van der Waals surface area (Å²) >= 11 is 0. The topological polar surface area (TPSA) is 95.6 Å². The molecule has 5 heteroatoms. The molecule has 0 saturated heterocycles. The van der Waals surface area contributed by atoms with Gasteiger partial charge < -0.3 is 5.73 Å². The van der Waals surface area contributed by atoms with Crippen molar-refractivity contribution in [3.63, 3.8) is 0 Å². The highest BCUT2D eigenvalue weighted by molar-refractivity contribution is 5.92. The zero-order valence-electron chi connectivity index (χ0n) is 8.27. The van der Waals surface area contributed by atoms with Crippen LogP contribution in [0.3, 0.4) is 0 Å². The Balaban J connectivity index is 2.56. The fourth-order valence-corrected chi connectivity index (χ4v) is 1.44. The van der Waals surface area contributed by atoms with Crippen molar-refractivity contribution in [1.29, 1.82) is 5.26 Å². The lowest BCUT2D eigenvalue weighted by molar-refractivity contribution is -0.113. The third-order valence-electron chi connectivity index (χ3n) is 2.14. The first kappa shape index (κ1) is 9.93. The average Bonchev–Trinajstić information content (AvgIpc) is 2.73. The van der Waals surface area contributed by atoms with Gasteiger partial charge in [0, 0.05) is 11.5 Å². The predicted molar refractivity (Wildman–Crippen MR) is 59.0 cm³/mol. The summed E-state index contributed by atoms with van der Waals surface area (Å²) in [6.45, 7) is 0. The van der Waals surface area contributed by atoms with Crippen LogP contribution in [0.25, 0.3) is 17.0 Å². The summed E-state index contributed by atoms with van der Waals surface area (Å²) < 4.78 is 0. The van der Waals surface area contributed by atoms with Gasteiger partial charge in [-0.1, -0.05) is 0 Å². The molecule has 2 rings (SSSR count). The molecule has 0 aliphatic rings. The summed E-state index contributed by atoms with van der Waals surface area (Å²) in [5, 5.41) is 16.3. The van der Waals surface area contributed by atoms with Crippen molar-refractivity contribution in [2.24, 2.45) is 5.73 Å². The molecule has 3 N–H and O–H groups in total. The van der Waals surface area contributed by atoms with Crippen molar-refractivity contribution in [2.45, 2.75) is 0 Å². The number of benzene rings is 1. The summed E-state index contributed by atoms with van der Waals surface area (Å²) in [7, 11) is 0. The van der Waals surface area contributed by atoms with Gasteiger partial charge in [0.1, 0.15) is 0 Å². The first-order chi connectivity index (χ1) is 7.70. The molecule has 0 bridgehead atoms. The molecular weight excluding hydrogens is 204 g/mol. The van der Waals surface area contributed by atoms with Crippen molar-refractivity contribution in [1.82, 2.24) is 10.2 Å². The SMILES string of the molecule is N#Cc1cc(/C=C/C(N)=O)cc2[nH]ncc12. The number of aromatic nitrogens is 2. The normalized spacial score (nSPS) is 10.7. The van der Waals surface area contributed by atoms with Gasteiger partial charge in [-0.2, -0.15) is 10.4 Å². The quantitative estimate of drug-likeness (QED) is 0.725. The molecule has 5 nitrogen and oxygen atoms in total. The number of rotatable bonds is 2. The molecule has 0 atom stereocenters. The average molecular weight is 212 g/mol. The highest BCUT2D eigenvalue weighted by atomic mass is 16.1. The summed E-state index contributed by atoms with van der Waals surface area (Å²) in [5.41, 5.74) is 6.98. The number of nitrogens with zero attached hydrogens (tertiary/aromatic N) is 2. The van der Waals surface area contributed by atoms with Crippen LogP contribution in [0.5, 0.6) is 0 Å². The van der Waals surface area contributed by atoms with Crippen molar-refractivity contribution in [2.75, 3.05) is 0 Å². The van der Waals surface area contributed by atoms with E-state index in [1.807, 2.05) is 0 Å². The molecular formula is C11H8N4O. The molecule has 0 spiro atoms. The predicted octanol–water partition coefficient (Wildman–Crippen LogP) is 0.933. The standard InChI is InChI=1S/C11H8N4O/c12-5-8-3-7(1-2-11(13)16)4-10-9(8)6-14-15-10/h1-4,6H,(H2,13,16)(H,14,15)/b2-1+.